The largest absolute Gasteiger partial charge is 0.496 e. The molecule has 0 spiro atoms. The molecule has 7 nitrogen and oxygen atoms in total. The van der Waals surface area contributed by atoms with Gasteiger partial charge in [-0.3, -0.25) is 9.59 Å². The Balaban J connectivity index is 1.63. The van der Waals surface area contributed by atoms with Crippen molar-refractivity contribution in [3.63, 3.8) is 0 Å². The highest BCUT2D eigenvalue weighted by atomic mass is 16.5. The first-order chi connectivity index (χ1) is 14.5. The minimum Gasteiger partial charge on any atom is -0.496 e. The van der Waals surface area contributed by atoms with Gasteiger partial charge in [0.2, 0.25) is 5.91 Å². The van der Waals surface area contributed by atoms with Gasteiger partial charge < -0.3 is 15.4 Å². The third kappa shape index (κ3) is 5.05. The van der Waals surface area contributed by atoms with Gasteiger partial charge in [0.15, 0.2) is 0 Å². The Morgan fingerprint density at radius 1 is 1.07 bits per heavy atom. The maximum absolute atomic E-state index is 12.8. The highest BCUT2D eigenvalue weighted by Crippen LogP contribution is 2.17. The van der Waals surface area contributed by atoms with Gasteiger partial charge >= 0.3 is 0 Å². The lowest BCUT2D eigenvalue weighted by molar-refractivity contribution is -0.124. The van der Waals surface area contributed by atoms with Crippen LogP contribution in [0.25, 0.3) is 5.69 Å². The number of rotatable bonds is 8. The molecule has 0 bridgehead atoms. The first-order valence-corrected chi connectivity index (χ1v) is 9.80. The fourth-order valence-electron chi connectivity index (χ4n) is 3.06. The summed E-state index contributed by atoms with van der Waals surface area (Å²) in [5.41, 5.74) is 2.20. The minimum absolute atomic E-state index is 0.0873. The van der Waals surface area contributed by atoms with E-state index in [0.29, 0.717) is 17.9 Å². The number of methoxy groups -OCH3 is 1. The molecule has 0 fully saturated rings. The molecule has 0 aliphatic carbocycles. The predicted molar refractivity (Wildman–Crippen MR) is 114 cm³/mol. The van der Waals surface area contributed by atoms with Gasteiger partial charge in [0.05, 0.1) is 24.6 Å². The molecule has 0 radical (unpaired) electrons. The normalized spacial score (nSPS) is 11.7. The van der Waals surface area contributed by atoms with Crippen LogP contribution in [-0.2, 0) is 11.3 Å². The van der Waals surface area contributed by atoms with E-state index in [1.807, 2.05) is 50.4 Å². The van der Waals surface area contributed by atoms with Crippen molar-refractivity contribution in [1.29, 1.82) is 0 Å². The lowest BCUT2D eigenvalue weighted by atomic mass is 10.0. The Kier molecular flexibility index (Phi) is 6.85. The van der Waals surface area contributed by atoms with Crippen LogP contribution in [0.2, 0.25) is 0 Å². The van der Waals surface area contributed by atoms with Crippen LogP contribution in [0.3, 0.4) is 0 Å². The highest BCUT2D eigenvalue weighted by Gasteiger charge is 2.25. The van der Waals surface area contributed by atoms with Crippen molar-refractivity contribution in [2.45, 2.75) is 26.4 Å². The Bertz CT molecular complexity index is 998. The molecule has 1 heterocycles. The summed E-state index contributed by atoms with van der Waals surface area (Å²) in [4.78, 5) is 25.5. The van der Waals surface area contributed by atoms with E-state index in [9.17, 15) is 9.59 Å². The molecule has 7 heteroatoms. The summed E-state index contributed by atoms with van der Waals surface area (Å²) in [6.45, 7) is 4.10. The molecule has 2 amide bonds. The number of nitrogens with one attached hydrogen (secondary N) is 2. The summed E-state index contributed by atoms with van der Waals surface area (Å²) < 4.78 is 7.00. The van der Waals surface area contributed by atoms with Crippen LogP contribution in [0.4, 0.5) is 0 Å². The van der Waals surface area contributed by atoms with Gasteiger partial charge in [-0.25, -0.2) is 4.68 Å². The number of benzene rings is 2. The molecule has 0 aliphatic heterocycles. The summed E-state index contributed by atoms with van der Waals surface area (Å²) in [5.74, 6) is -0.221. The molecule has 1 unspecified atom stereocenters. The molecular formula is C23H26N4O3. The minimum atomic E-state index is -0.674. The van der Waals surface area contributed by atoms with Crippen molar-refractivity contribution in [1.82, 2.24) is 20.4 Å². The number of hydrogen-bond donors (Lipinski definition) is 2. The van der Waals surface area contributed by atoms with Crippen LogP contribution < -0.4 is 15.4 Å². The van der Waals surface area contributed by atoms with Crippen LogP contribution in [0.1, 0.15) is 29.8 Å². The number of carbonyl (C=O) groups excluding carboxylic acids is 2. The van der Waals surface area contributed by atoms with E-state index >= 15 is 0 Å². The molecule has 30 heavy (non-hydrogen) atoms. The van der Waals surface area contributed by atoms with E-state index in [0.717, 1.165) is 11.3 Å². The predicted octanol–water partition coefficient (Wildman–Crippen LogP) is 2.95. The molecule has 3 aromatic rings. The number of hydrogen-bond acceptors (Lipinski definition) is 4. The van der Waals surface area contributed by atoms with Gasteiger partial charge in [-0.15, -0.1) is 0 Å². The quantitative estimate of drug-likeness (QED) is 0.602. The molecule has 2 aromatic carbocycles. The maximum atomic E-state index is 12.8. The van der Waals surface area contributed by atoms with Crippen molar-refractivity contribution < 1.29 is 14.3 Å². The molecule has 0 saturated heterocycles. The van der Waals surface area contributed by atoms with E-state index in [1.165, 1.54) is 7.11 Å². The zero-order valence-electron chi connectivity index (χ0n) is 17.3. The van der Waals surface area contributed by atoms with E-state index in [-0.39, 0.29) is 17.7 Å². The summed E-state index contributed by atoms with van der Waals surface area (Å²) in [6, 6.07) is 16.0. The van der Waals surface area contributed by atoms with Crippen LogP contribution in [0.5, 0.6) is 5.75 Å². The molecular weight excluding hydrogens is 380 g/mol. The average molecular weight is 406 g/mol. The zero-order chi connectivity index (χ0) is 21.5. The van der Waals surface area contributed by atoms with E-state index in [4.69, 9.17) is 4.74 Å². The zero-order valence-corrected chi connectivity index (χ0v) is 17.3. The fourth-order valence-corrected chi connectivity index (χ4v) is 3.06. The van der Waals surface area contributed by atoms with Crippen molar-refractivity contribution in [3.8, 4) is 11.4 Å². The van der Waals surface area contributed by atoms with Gasteiger partial charge in [-0.05, 0) is 30.2 Å². The Hall–Kier alpha value is -3.61. The first-order valence-electron chi connectivity index (χ1n) is 9.80. The van der Waals surface area contributed by atoms with Gasteiger partial charge in [-0.1, -0.05) is 44.2 Å². The maximum Gasteiger partial charge on any atom is 0.255 e. The van der Waals surface area contributed by atoms with E-state index in [2.05, 4.69) is 15.7 Å². The average Bonchev–Trinajstić information content (AvgIpc) is 3.25. The molecule has 2 N–H and O–H groups in total. The molecule has 1 atom stereocenters. The summed E-state index contributed by atoms with van der Waals surface area (Å²) >= 11 is 0. The van der Waals surface area contributed by atoms with Crippen molar-refractivity contribution >= 4 is 11.8 Å². The molecule has 0 saturated carbocycles. The van der Waals surface area contributed by atoms with Gasteiger partial charge in [-0.2, -0.15) is 5.10 Å². The first kappa shape index (κ1) is 21.1. The van der Waals surface area contributed by atoms with Crippen molar-refractivity contribution in [2.24, 2.45) is 5.92 Å². The van der Waals surface area contributed by atoms with Crippen LogP contribution >= 0.6 is 0 Å². The third-order valence-corrected chi connectivity index (χ3v) is 4.71. The van der Waals surface area contributed by atoms with Crippen molar-refractivity contribution in [2.75, 3.05) is 7.11 Å². The van der Waals surface area contributed by atoms with E-state index in [1.54, 1.807) is 35.1 Å². The summed E-state index contributed by atoms with van der Waals surface area (Å²) in [6.07, 6.45) is 3.58. The number of nitrogens with zero attached hydrogens (tertiary/aromatic N) is 2. The van der Waals surface area contributed by atoms with Gasteiger partial charge in [0.1, 0.15) is 11.8 Å². The smallest absolute Gasteiger partial charge is 0.255 e. The number of carbonyl (C=O) groups is 2. The van der Waals surface area contributed by atoms with Crippen LogP contribution in [0, 0.1) is 5.92 Å². The van der Waals surface area contributed by atoms with Gasteiger partial charge in [0.25, 0.3) is 5.91 Å². The second kappa shape index (κ2) is 9.73. The number of ether oxygens (including phenoxy) is 1. The molecule has 0 aliphatic rings. The van der Waals surface area contributed by atoms with Crippen molar-refractivity contribution in [3.05, 3.63) is 78.1 Å². The lowest BCUT2D eigenvalue weighted by Crippen LogP contribution is -2.49. The molecule has 1 aromatic heterocycles. The Morgan fingerprint density at radius 2 is 1.77 bits per heavy atom. The molecule has 3 rings (SSSR count). The number of amides is 2. The monoisotopic (exact) mass is 406 g/mol. The second-order valence-corrected chi connectivity index (χ2v) is 7.24. The highest BCUT2D eigenvalue weighted by molar-refractivity contribution is 5.99. The summed E-state index contributed by atoms with van der Waals surface area (Å²) in [5, 5.41) is 10.0. The van der Waals surface area contributed by atoms with E-state index < -0.39 is 6.04 Å². The Labute approximate surface area is 176 Å². The third-order valence-electron chi connectivity index (χ3n) is 4.71. The standard InChI is InChI=1S/C23H26N4O3/c1-16(2)21(26-22(28)19-11-7-8-12-20(19)30-3)23(29)24-13-17-14-25-27(15-17)18-9-5-4-6-10-18/h4-12,14-16,21H,13H2,1-3H3,(H,24,29)(H,26,28). The number of aromatic nitrogens is 2. The van der Waals surface area contributed by atoms with Gasteiger partial charge in [0, 0.05) is 18.3 Å². The molecule has 156 valence electrons. The fraction of sp³-hybridized carbons (Fsp3) is 0.261. The SMILES string of the molecule is COc1ccccc1C(=O)NC(C(=O)NCc1cnn(-c2ccccc2)c1)C(C)C. The lowest BCUT2D eigenvalue weighted by Gasteiger charge is -2.22. The number of para-hydroxylation sites is 2. The summed E-state index contributed by atoms with van der Waals surface area (Å²) in [7, 11) is 1.51. The Morgan fingerprint density at radius 3 is 2.47 bits per heavy atom. The van der Waals surface area contributed by atoms with Crippen LogP contribution in [0.15, 0.2) is 67.0 Å². The van der Waals surface area contributed by atoms with Crippen LogP contribution in [-0.4, -0.2) is 34.7 Å². The second-order valence-electron chi connectivity index (χ2n) is 7.24. The topological polar surface area (TPSA) is 85.2 Å².